The van der Waals surface area contributed by atoms with Crippen molar-refractivity contribution in [3.63, 3.8) is 0 Å². The second kappa shape index (κ2) is 12.0. The molecule has 0 aliphatic heterocycles. The maximum atomic E-state index is 12.6. The Morgan fingerprint density at radius 1 is 0.923 bits per heavy atom. The van der Waals surface area contributed by atoms with Gasteiger partial charge in [-0.3, -0.25) is 15.0 Å². The minimum Gasteiger partial charge on any atom is -0.465 e. The molecular weight excluding hydrogens is 508 g/mol. The smallest absolute Gasteiger partial charge is 0.408 e. The highest BCUT2D eigenvalue weighted by Crippen LogP contribution is 2.37. The van der Waals surface area contributed by atoms with Crippen LogP contribution in [0.25, 0.3) is 6.08 Å². The fourth-order valence-corrected chi connectivity index (χ4v) is 9.70. The summed E-state index contributed by atoms with van der Waals surface area (Å²) in [6, 6.07) is 26.0. The Morgan fingerprint density at radius 2 is 1.41 bits per heavy atom. The maximum absolute atomic E-state index is 12.6. The minimum atomic E-state index is -2.95. The van der Waals surface area contributed by atoms with E-state index >= 15 is 0 Å². The second-order valence-electron chi connectivity index (χ2n) is 11.5. The molecule has 1 atom stereocenters. The van der Waals surface area contributed by atoms with E-state index in [-0.39, 0.29) is 17.3 Å². The van der Waals surface area contributed by atoms with E-state index in [4.69, 9.17) is 4.43 Å². The van der Waals surface area contributed by atoms with E-state index < -0.39 is 30.9 Å². The van der Waals surface area contributed by atoms with Crippen LogP contribution in [0.3, 0.4) is 0 Å². The predicted molar refractivity (Wildman–Crippen MR) is 159 cm³/mol. The van der Waals surface area contributed by atoms with Crippen molar-refractivity contribution in [2.24, 2.45) is 0 Å². The van der Waals surface area contributed by atoms with Gasteiger partial charge in [0.25, 0.3) is 14.0 Å². The summed E-state index contributed by atoms with van der Waals surface area (Å²) in [5.41, 5.74) is -0.395. The van der Waals surface area contributed by atoms with Crippen LogP contribution >= 0.6 is 0 Å². The Morgan fingerprint density at radius 3 is 1.85 bits per heavy atom. The quantitative estimate of drug-likeness (QED) is 0.192. The molecule has 3 rings (SSSR count). The number of nitrogens with zero attached hydrogens (tertiary/aromatic N) is 2. The van der Waals surface area contributed by atoms with Gasteiger partial charge in [0.05, 0.1) is 23.1 Å². The van der Waals surface area contributed by atoms with Gasteiger partial charge in [0, 0.05) is 11.6 Å². The first-order valence-electron chi connectivity index (χ1n) is 13.0. The van der Waals surface area contributed by atoms with E-state index in [1.165, 1.54) is 11.0 Å². The summed E-state index contributed by atoms with van der Waals surface area (Å²) in [5, 5.41) is 23.8. The summed E-state index contributed by atoms with van der Waals surface area (Å²) < 4.78 is 7.07. The highest BCUT2D eigenvalue weighted by Gasteiger charge is 2.50. The lowest BCUT2D eigenvalue weighted by atomic mass is 10.0. The SMILES string of the molecule is CC(C)(C)N(C(=O)O)C(C=Cc1ccccc1[N+](=O)[O-])CO[Si](c1ccccc1)(c1ccccc1)C(C)(C)C. The Hall–Kier alpha value is -3.75. The largest absolute Gasteiger partial charge is 0.465 e. The monoisotopic (exact) mass is 546 g/mol. The van der Waals surface area contributed by atoms with Gasteiger partial charge in [-0.2, -0.15) is 0 Å². The van der Waals surface area contributed by atoms with Crippen molar-refractivity contribution in [2.75, 3.05) is 6.61 Å². The average molecular weight is 547 g/mol. The normalized spacial score (nSPS) is 13.3. The molecule has 0 spiro atoms. The summed E-state index contributed by atoms with van der Waals surface area (Å²) >= 11 is 0. The average Bonchev–Trinajstić information content (AvgIpc) is 2.87. The van der Waals surface area contributed by atoms with Gasteiger partial charge < -0.3 is 9.53 Å². The molecule has 0 saturated heterocycles. The molecule has 0 bridgehead atoms. The fraction of sp³-hybridized carbons (Fsp3) is 0.323. The number of hydrogen-bond acceptors (Lipinski definition) is 4. The number of nitro benzene ring substituents is 1. The van der Waals surface area contributed by atoms with E-state index in [0.29, 0.717) is 5.56 Å². The highest BCUT2D eigenvalue weighted by atomic mass is 28.4. The van der Waals surface area contributed by atoms with Crippen molar-refractivity contribution < 1.29 is 19.3 Å². The first-order chi connectivity index (χ1) is 18.3. The molecule has 1 amide bonds. The van der Waals surface area contributed by atoms with E-state index in [0.717, 1.165) is 10.4 Å². The third-order valence-electron chi connectivity index (χ3n) is 6.78. The lowest BCUT2D eigenvalue weighted by Gasteiger charge is -2.45. The molecule has 3 aromatic carbocycles. The van der Waals surface area contributed by atoms with Gasteiger partial charge in [-0.15, -0.1) is 0 Å². The topological polar surface area (TPSA) is 92.9 Å². The van der Waals surface area contributed by atoms with Crippen molar-refractivity contribution in [2.45, 2.75) is 58.2 Å². The molecule has 0 aliphatic rings. The van der Waals surface area contributed by atoms with Crippen LogP contribution in [0, 0.1) is 10.1 Å². The molecular formula is C31H38N2O5Si. The Labute approximate surface area is 232 Å². The number of amides is 1. The van der Waals surface area contributed by atoms with Crippen LogP contribution in [0.5, 0.6) is 0 Å². The van der Waals surface area contributed by atoms with Gasteiger partial charge in [0.15, 0.2) is 0 Å². The molecule has 1 N–H and O–H groups in total. The van der Waals surface area contributed by atoms with Gasteiger partial charge in [-0.25, -0.2) is 4.79 Å². The van der Waals surface area contributed by atoms with E-state index in [9.17, 15) is 20.0 Å². The molecule has 3 aromatic rings. The molecule has 0 aromatic heterocycles. The zero-order valence-corrected chi connectivity index (χ0v) is 24.5. The van der Waals surface area contributed by atoms with Crippen LogP contribution in [-0.4, -0.2) is 47.5 Å². The maximum Gasteiger partial charge on any atom is 0.408 e. The molecule has 0 fully saturated rings. The standard InChI is InChI=1S/C31H38N2O5Si/c1-30(2,3)32(29(34)35)25(22-21-24-15-13-14-20-28(24)33(36)37)23-38-39(31(4,5)6,26-16-9-7-10-17-26)27-18-11-8-12-19-27/h7-22,25H,23H2,1-6H3,(H,34,35). The Bertz CT molecular complexity index is 1260. The lowest BCUT2D eigenvalue weighted by Crippen LogP contribution is -2.67. The zero-order chi connectivity index (χ0) is 28.8. The van der Waals surface area contributed by atoms with Gasteiger partial charge in [-0.05, 0) is 48.3 Å². The minimum absolute atomic E-state index is 0.0435. The summed E-state index contributed by atoms with van der Waals surface area (Å²) in [7, 11) is -2.95. The third kappa shape index (κ3) is 6.64. The van der Waals surface area contributed by atoms with E-state index in [2.05, 4.69) is 45.0 Å². The Balaban J connectivity index is 2.16. The number of hydrogen-bond donors (Lipinski definition) is 1. The van der Waals surface area contributed by atoms with Crippen molar-refractivity contribution in [3.8, 4) is 0 Å². The molecule has 7 nitrogen and oxygen atoms in total. The van der Waals surface area contributed by atoms with Crippen molar-refractivity contribution >= 4 is 36.5 Å². The highest BCUT2D eigenvalue weighted by molar-refractivity contribution is 6.99. The molecule has 206 valence electrons. The van der Waals surface area contributed by atoms with Crippen molar-refractivity contribution in [1.82, 2.24) is 4.90 Å². The third-order valence-corrected chi connectivity index (χ3v) is 11.8. The summed E-state index contributed by atoms with van der Waals surface area (Å²) in [4.78, 5) is 25.1. The van der Waals surface area contributed by atoms with Crippen molar-refractivity contribution in [1.29, 1.82) is 0 Å². The molecule has 0 aliphatic carbocycles. The summed E-state index contributed by atoms with van der Waals surface area (Å²) in [6.07, 6.45) is 2.24. The van der Waals surface area contributed by atoms with Crippen LogP contribution in [0.2, 0.25) is 5.04 Å². The predicted octanol–water partition coefficient (Wildman–Crippen LogP) is 6.33. The van der Waals surface area contributed by atoms with Crippen LogP contribution in [-0.2, 0) is 4.43 Å². The van der Waals surface area contributed by atoms with Gasteiger partial charge in [-0.1, -0.05) is 99.6 Å². The number of carbonyl (C=O) groups is 1. The number of benzene rings is 3. The Kier molecular flexibility index (Phi) is 9.14. The van der Waals surface area contributed by atoms with E-state index in [1.807, 2.05) is 57.2 Å². The summed E-state index contributed by atoms with van der Waals surface area (Å²) in [5.74, 6) is 0. The number of nitro groups is 1. The molecule has 0 heterocycles. The molecule has 0 saturated carbocycles. The lowest BCUT2D eigenvalue weighted by molar-refractivity contribution is -0.385. The number of rotatable bonds is 9. The van der Waals surface area contributed by atoms with Crippen LogP contribution < -0.4 is 10.4 Å². The fourth-order valence-electron chi connectivity index (χ4n) is 5.12. The van der Waals surface area contributed by atoms with Crippen LogP contribution in [0.4, 0.5) is 10.5 Å². The van der Waals surface area contributed by atoms with Gasteiger partial charge in [0.2, 0.25) is 0 Å². The molecule has 1 unspecified atom stereocenters. The first-order valence-corrected chi connectivity index (χ1v) is 14.9. The summed E-state index contributed by atoms with van der Waals surface area (Å²) in [6.45, 7) is 12.1. The molecule has 39 heavy (non-hydrogen) atoms. The number of carboxylic acid groups (broad SMARTS) is 1. The second-order valence-corrected chi connectivity index (χ2v) is 15.8. The van der Waals surface area contributed by atoms with E-state index in [1.54, 1.807) is 30.4 Å². The van der Waals surface area contributed by atoms with Gasteiger partial charge >= 0.3 is 6.09 Å². The first kappa shape index (κ1) is 29.8. The number of para-hydroxylation sites is 1. The molecule has 8 heteroatoms. The molecule has 0 radical (unpaired) electrons. The van der Waals surface area contributed by atoms with Crippen LogP contribution in [0.1, 0.15) is 47.1 Å². The van der Waals surface area contributed by atoms with Crippen LogP contribution in [0.15, 0.2) is 91.0 Å². The zero-order valence-electron chi connectivity index (χ0n) is 23.5. The van der Waals surface area contributed by atoms with Gasteiger partial charge in [0.1, 0.15) is 0 Å². The van der Waals surface area contributed by atoms with Crippen molar-refractivity contribution in [3.05, 3.63) is 107 Å².